The lowest BCUT2D eigenvalue weighted by Gasteiger charge is -2.41. The van der Waals surface area contributed by atoms with Gasteiger partial charge in [-0.1, -0.05) is 141 Å². The Kier molecular flexibility index (Phi) is 5.15. The Morgan fingerprint density at radius 2 is 1.00 bits per heavy atom. The van der Waals surface area contributed by atoms with Crippen molar-refractivity contribution in [2.45, 2.75) is 24.7 Å². The first kappa shape index (κ1) is 24.0. The second kappa shape index (κ2) is 8.81. The van der Waals surface area contributed by atoms with Crippen LogP contribution in [0.25, 0.3) is 22.3 Å². The highest BCUT2D eigenvalue weighted by atomic mass is 16.5. The van der Waals surface area contributed by atoms with Crippen molar-refractivity contribution in [1.29, 1.82) is 0 Å². The van der Waals surface area contributed by atoms with Crippen LogP contribution in [0.2, 0.25) is 0 Å². The Morgan fingerprint density at radius 1 is 0.439 bits per heavy atom. The molecule has 0 bridgehead atoms. The fourth-order valence-electron chi connectivity index (χ4n) is 7.46. The molecule has 0 saturated carbocycles. The van der Waals surface area contributed by atoms with Gasteiger partial charge in [0.1, 0.15) is 11.5 Å². The third-order valence-electron chi connectivity index (χ3n) is 9.20. The summed E-state index contributed by atoms with van der Waals surface area (Å²) < 4.78 is 6.65. The van der Waals surface area contributed by atoms with Crippen LogP contribution in [0, 0.1) is 0 Å². The van der Waals surface area contributed by atoms with Gasteiger partial charge >= 0.3 is 0 Å². The molecule has 0 saturated heterocycles. The fourth-order valence-corrected chi connectivity index (χ4v) is 7.46. The molecule has 6 aromatic rings. The van der Waals surface area contributed by atoms with Gasteiger partial charge in [-0.2, -0.15) is 0 Å². The quantitative estimate of drug-likeness (QED) is 0.223. The van der Waals surface area contributed by atoms with Gasteiger partial charge in [-0.05, 0) is 62.7 Å². The second-order valence-electron chi connectivity index (χ2n) is 11.7. The summed E-state index contributed by atoms with van der Waals surface area (Å²) >= 11 is 0. The van der Waals surface area contributed by atoms with Gasteiger partial charge in [-0.25, -0.2) is 0 Å². The third kappa shape index (κ3) is 3.30. The van der Waals surface area contributed by atoms with E-state index in [1.165, 1.54) is 44.5 Å². The molecule has 6 aromatic carbocycles. The van der Waals surface area contributed by atoms with Crippen LogP contribution in [0.15, 0.2) is 146 Å². The molecule has 2 aliphatic rings. The number of benzene rings is 6. The summed E-state index contributed by atoms with van der Waals surface area (Å²) in [5, 5.41) is 0. The fraction of sp³-hybridized carbons (Fsp3) is 0.100. The van der Waals surface area contributed by atoms with Gasteiger partial charge in [0.25, 0.3) is 0 Å². The van der Waals surface area contributed by atoms with E-state index in [0.717, 1.165) is 22.6 Å². The van der Waals surface area contributed by atoms with E-state index in [0.29, 0.717) is 0 Å². The summed E-state index contributed by atoms with van der Waals surface area (Å²) in [5.41, 5.74) is 12.1. The molecule has 0 spiro atoms. The first-order chi connectivity index (χ1) is 20.1. The van der Waals surface area contributed by atoms with Crippen molar-refractivity contribution in [3.63, 3.8) is 0 Å². The molecular weight excluding hydrogens is 496 g/mol. The minimum absolute atomic E-state index is 0.0997. The number of hydrogen-bond acceptors (Lipinski definition) is 1. The maximum atomic E-state index is 6.65. The van der Waals surface area contributed by atoms with Gasteiger partial charge in [-0.3, -0.25) is 0 Å². The number of fused-ring (bicyclic) bond motifs is 5. The van der Waals surface area contributed by atoms with E-state index in [9.17, 15) is 0 Å². The van der Waals surface area contributed by atoms with E-state index >= 15 is 0 Å². The molecule has 196 valence electrons. The summed E-state index contributed by atoms with van der Waals surface area (Å²) in [4.78, 5) is 0. The Bertz CT molecular complexity index is 1890. The predicted molar refractivity (Wildman–Crippen MR) is 168 cm³/mol. The van der Waals surface area contributed by atoms with Gasteiger partial charge < -0.3 is 4.74 Å². The smallest absolute Gasteiger partial charge is 0.132 e. The standard InChI is InChI=1S/C40H30O/c1-39(2)33-21-10-9-18-31(33)32-20-13-19-30(38(32)39)27-24-25-37-35(26-27)40(28-14-5-3-6-15-28,29-16-7-4-8-17-29)34-22-11-12-23-36(34)41-37/h3-26H,1-2H3. The Balaban J connectivity index is 1.44. The number of para-hydroxylation sites is 1. The van der Waals surface area contributed by atoms with Crippen LogP contribution < -0.4 is 4.74 Å². The Morgan fingerprint density at radius 3 is 1.73 bits per heavy atom. The first-order valence-electron chi connectivity index (χ1n) is 14.4. The summed E-state index contributed by atoms with van der Waals surface area (Å²) in [6.45, 7) is 4.72. The minimum atomic E-state index is -0.529. The SMILES string of the molecule is CC1(C)c2ccccc2-c2cccc(-c3ccc4c(c3)C(c3ccccc3)(c3ccccc3)c3ccccc3O4)c21. The minimum Gasteiger partial charge on any atom is -0.457 e. The third-order valence-corrected chi connectivity index (χ3v) is 9.20. The van der Waals surface area contributed by atoms with Gasteiger partial charge in [0.2, 0.25) is 0 Å². The number of rotatable bonds is 3. The lowest BCUT2D eigenvalue weighted by molar-refractivity contribution is 0.434. The average molecular weight is 527 g/mol. The highest BCUT2D eigenvalue weighted by molar-refractivity contribution is 5.88. The molecule has 0 atom stereocenters. The molecule has 1 aliphatic heterocycles. The zero-order chi connectivity index (χ0) is 27.6. The summed E-state index contributed by atoms with van der Waals surface area (Å²) in [5.74, 6) is 1.80. The summed E-state index contributed by atoms with van der Waals surface area (Å²) in [6, 6.07) is 52.7. The Labute approximate surface area is 241 Å². The van der Waals surface area contributed by atoms with Crippen LogP contribution in [0.4, 0.5) is 0 Å². The number of ether oxygens (including phenoxy) is 1. The molecule has 41 heavy (non-hydrogen) atoms. The van der Waals surface area contributed by atoms with E-state index in [1.54, 1.807) is 0 Å². The van der Waals surface area contributed by atoms with Crippen LogP contribution in [0.1, 0.15) is 47.2 Å². The van der Waals surface area contributed by atoms with E-state index in [2.05, 4.69) is 159 Å². The molecular formula is C40H30O. The highest BCUT2D eigenvalue weighted by Gasteiger charge is 2.45. The molecule has 1 heteroatoms. The van der Waals surface area contributed by atoms with Crippen LogP contribution in [-0.4, -0.2) is 0 Å². The predicted octanol–water partition coefficient (Wildman–Crippen LogP) is 10.1. The van der Waals surface area contributed by atoms with Crippen molar-refractivity contribution in [3.05, 3.63) is 179 Å². The second-order valence-corrected chi connectivity index (χ2v) is 11.7. The molecule has 1 nitrogen and oxygen atoms in total. The maximum Gasteiger partial charge on any atom is 0.132 e. The molecule has 0 unspecified atom stereocenters. The van der Waals surface area contributed by atoms with Gasteiger partial charge in [0.05, 0.1) is 5.41 Å². The molecule has 8 rings (SSSR count). The van der Waals surface area contributed by atoms with E-state index in [4.69, 9.17) is 4.74 Å². The normalized spacial score (nSPS) is 15.2. The van der Waals surface area contributed by atoms with Crippen molar-refractivity contribution in [2.75, 3.05) is 0 Å². The largest absolute Gasteiger partial charge is 0.457 e. The van der Waals surface area contributed by atoms with E-state index in [1.807, 2.05) is 0 Å². The average Bonchev–Trinajstić information content (AvgIpc) is 3.27. The van der Waals surface area contributed by atoms with E-state index in [-0.39, 0.29) is 5.41 Å². The van der Waals surface area contributed by atoms with Gasteiger partial charge in [0, 0.05) is 16.5 Å². The zero-order valence-electron chi connectivity index (χ0n) is 23.3. The van der Waals surface area contributed by atoms with Crippen molar-refractivity contribution < 1.29 is 4.74 Å². The van der Waals surface area contributed by atoms with Crippen molar-refractivity contribution in [3.8, 4) is 33.8 Å². The first-order valence-corrected chi connectivity index (χ1v) is 14.4. The van der Waals surface area contributed by atoms with Crippen LogP contribution in [0.3, 0.4) is 0 Å². The molecule has 0 aromatic heterocycles. The number of hydrogen-bond donors (Lipinski definition) is 0. The summed E-state index contributed by atoms with van der Waals surface area (Å²) in [6.07, 6.45) is 0. The molecule has 0 amide bonds. The molecule has 1 heterocycles. The molecule has 0 radical (unpaired) electrons. The molecule has 0 N–H and O–H groups in total. The topological polar surface area (TPSA) is 9.23 Å². The maximum absolute atomic E-state index is 6.65. The lowest BCUT2D eigenvalue weighted by Crippen LogP contribution is -2.34. The van der Waals surface area contributed by atoms with Crippen molar-refractivity contribution >= 4 is 0 Å². The Hall–Kier alpha value is -4.88. The van der Waals surface area contributed by atoms with Gasteiger partial charge in [-0.15, -0.1) is 0 Å². The lowest BCUT2D eigenvalue weighted by atomic mass is 9.63. The van der Waals surface area contributed by atoms with Gasteiger partial charge in [0.15, 0.2) is 0 Å². The van der Waals surface area contributed by atoms with Crippen LogP contribution in [-0.2, 0) is 10.8 Å². The summed E-state index contributed by atoms with van der Waals surface area (Å²) in [7, 11) is 0. The zero-order valence-corrected chi connectivity index (χ0v) is 23.3. The monoisotopic (exact) mass is 526 g/mol. The molecule has 0 fully saturated rings. The molecule has 1 aliphatic carbocycles. The van der Waals surface area contributed by atoms with E-state index < -0.39 is 5.41 Å². The van der Waals surface area contributed by atoms with Crippen LogP contribution >= 0.6 is 0 Å². The van der Waals surface area contributed by atoms with Crippen LogP contribution in [0.5, 0.6) is 11.5 Å². The highest BCUT2D eigenvalue weighted by Crippen LogP contribution is 2.57. The van der Waals surface area contributed by atoms with Crippen molar-refractivity contribution in [1.82, 2.24) is 0 Å². The van der Waals surface area contributed by atoms with Crippen molar-refractivity contribution in [2.24, 2.45) is 0 Å².